The van der Waals surface area contributed by atoms with Crippen molar-refractivity contribution in [3.05, 3.63) is 30.1 Å². The van der Waals surface area contributed by atoms with Gasteiger partial charge in [-0.3, -0.25) is 0 Å². The molecule has 0 unspecified atom stereocenters. The molecule has 0 atom stereocenters. The highest BCUT2D eigenvalue weighted by atomic mass is 19.1. The third kappa shape index (κ3) is 2.53. The molecule has 2 N–H and O–H groups in total. The molecule has 0 aliphatic heterocycles. The normalized spacial score (nSPS) is 17.9. The van der Waals surface area contributed by atoms with Gasteiger partial charge in [0, 0.05) is 24.8 Å². The fraction of sp³-hybridized carbons (Fsp3) is 0.538. The first-order valence-corrected chi connectivity index (χ1v) is 5.85. The molecule has 1 aromatic carbocycles. The van der Waals surface area contributed by atoms with Gasteiger partial charge < -0.3 is 10.6 Å². The smallest absolute Gasteiger partial charge is 0.125 e. The predicted molar refractivity (Wildman–Crippen MR) is 65.1 cm³/mol. The molecular weight excluding hydrogens is 203 g/mol. The molecule has 3 heteroatoms. The first-order chi connectivity index (χ1) is 7.59. The minimum atomic E-state index is -0.185. The summed E-state index contributed by atoms with van der Waals surface area (Å²) in [7, 11) is 1.98. The van der Waals surface area contributed by atoms with Crippen LogP contribution in [0.4, 0.5) is 10.1 Å². The zero-order chi connectivity index (χ0) is 11.6. The van der Waals surface area contributed by atoms with Crippen LogP contribution in [0.5, 0.6) is 0 Å². The lowest BCUT2D eigenvalue weighted by atomic mass is 9.75. The second-order valence-electron chi connectivity index (χ2n) is 4.87. The zero-order valence-electron chi connectivity index (χ0n) is 9.75. The summed E-state index contributed by atoms with van der Waals surface area (Å²) in [6.45, 7) is 0.889. The van der Waals surface area contributed by atoms with Crippen LogP contribution < -0.4 is 10.6 Å². The number of hydrogen-bond acceptors (Lipinski definition) is 2. The fourth-order valence-electron chi connectivity index (χ4n) is 2.11. The van der Waals surface area contributed by atoms with Crippen molar-refractivity contribution in [2.45, 2.75) is 31.2 Å². The molecule has 1 aromatic rings. The van der Waals surface area contributed by atoms with E-state index in [0.29, 0.717) is 0 Å². The van der Waals surface area contributed by atoms with Gasteiger partial charge in [0.15, 0.2) is 0 Å². The Morgan fingerprint density at radius 1 is 1.44 bits per heavy atom. The predicted octanol–water partition coefficient (Wildman–Crippen LogP) is 2.53. The summed E-state index contributed by atoms with van der Waals surface area (Å²) in [5, 5.41) is 0. The summed E-state index contributed by atoms with van der Waals surface area (Å²) in [4.78, 5) is 2.07. The Bertz CT molecular complexity index is 361. The van der Waals surface area contributed by atoms with Crippen molar-refractivity contribution in [2.75, 3.05) is 18.5 Å². The standard InChI is InChI=1S/C13H19FN2/c1-16(9-8-13(15)6-3-7-13)12-5-2-4-11(14)10-12/h2,4-5,10H,3,6-9,15H2,1H3. The number of anilines is 1. The van der Waals surface area contributed by atoms with Gasteiger partial charge >= 0.3 is 0 Å². The Labute approximate surface area is 96.2 Å². The number of rotatable bonds is 4. The first-order valence-electron chi connectivity index (χ1n) is 5.85. The van der Waals surface area contributed by atoms with E-state index in [0.717, 1.165) is 31.5 Å². The van der Waals surface area contributed by atoms with Gasteiger partial charge in [0.25, 0.3) is 0 Å². The third-order valence-corrected chi connectivity index (χ3v) is 3.54. The van der Waals surface area contributed by atoms with Crippen LogP contribution in [0.1, 0.15) is 25.7 Å². The van der Waals surface area contributed by atoms with E-state index in [1.54, 1.807) is 12.1 Å². The highest BCUT2D eigenvalue weighted by Gasteiger charge is 2.32. The Morgan fingerprint density at radius 2 is 2.19 bits per heavy atom. The van der Waals surface area contributed by atoms with E-state index in [9.17, 15) is 4.39 Å². The van der Waals surface area contributed by atoms with Crippen LogP contribution in [0.3, 0.4) is 0 Å². The van der Waals surface area contributed by atoms with Crippen molar-refractivity contribution in [1.82, 2.24) is 0 Å². The molecule has 2 rings (SSSR count). The summed E-state index contributed by atoms with van der Waals surface area (Å²) < 4.78 is 13.0. The zero-order valence-corrected chi connectivity index (χ0v) is 9.75. The van der Waals surface area contributed by atoms with E-state index in [1.807, 2.05) is 13.1 Å². The summed E-state index contributed by atoms with van der Waals surface area (Å²) in [6, 6.07) is 6.69. The van der Waals surface area contributed by atoms with Crippen molar-refractivity contribution in [2.24, 2.45) is 5.73 Å². The average molecular weight is 222 g/mol. The summed E-state index contributed by atoms with van der Waals surface area (Å²) >= 11 is 0. The summed E-state index contributed by atoms with van der Waals surface area (Å²) in [5.41, 5.74) is 7.12. The Morgan fingerprint density at radius 3 is 2.75 bits per heavy atom. The number of halogens is 1. The van der Waals surface area contributed by atoms with E-state index in [4.69, 9.17) is 5.73 Å². The summed E-state index contributed by atoms with van der Waals surface area (Å²) in [6.07, 6.45) is 4.49. The number of hydrogen-bond donors (Lipinski definition) is 1. The molecule has 2 nitrogen and oxygen atoms in total. The lowest BCUT2D eigenvalue weighted by Crippen LogP contribution is -2.48. The maximum absolute atomic E-state index is 13.0. The Kier molecular flexibility index (Phi) is 3.15. The van der Waals surface area contributed by atoms with Crippen LogP contribution in [0, 0.1) is 5.82 Å². The van der Waals surface area contributed by atoms with Crippen molar-refractivity contribution in [3.63, 3.8) is 0 Å². The summed E-state index contributed by atoms with van der Waals surface area (Å²) in [5.74, 6) is -0.185. The number of nitrogens with two attached hydrogens (primary N) is 1. The van der Waals surface area contributed by atoms with E-state index in [1.165, 1.54) is 12.5 Å². The van der Waals surface area contributed by atoms with Crippen molar-refractivity contribution in [1.29, 1.82) is 0 Å². The molecule has 0 amide bonds. The van der Waals surface area contributed by atoms with Gasteiger partial charge in [-0.2, -0.15) is 0 Å². The molecule has 0 spiro atoms. The second-order valence-corrected chi connectivity index (χ2v) is 4.87. The van der Waals surface area contributed by atoms with Gasteiger partial charge in [0.05, 0.1) is 0 Å². The van der Waals surface area contributed by atoms with E-state index >= 15 is 0 Å². The van der Waals surface area contributed by atoms with Gasteiger partial charge in [0.1, 0.15) is 5.82 Å². The van der Waals surface area contributed by atoms with Crippen LogP contribution in [-0.4, -0.2) is 19.1 Å². The number of benzene rings is 1. The van der Waals surface area contributed by atoms with Gasteiger partial charge in [-0.05, 0) is 43.9 Å². The molecule has 1 aliphatic rings. The molecule has 0 radical (unpaired) electrons. The van der Waals surface area contributed by atoms with Gasteiger partial charge in [-0.1, -0.05) is 6.07 Å². The van der Waals surface area contributed by atoms with Crippen molar-refractivity contribution < 1.29 is 4.39 Å². The highest BCUT2D eigenvalue weighted by Crippen LogP contribution is 2.32. The fourth-order valence-corrected chi connectivity index (χ4v) is 2.11. The molecule has 0 saturated heterocycles. The maximum Gasteiger partial charge on any atom is 0.125 e. The van der Waals surface area contributed by atoms with Crippen LogP contribution in [0.2, 0.25) is 0 Å². The van der Waals surface area contributed by atoms with Crippen LogP contribution in [0.15, 0.2) is 24.3 Å². The minimum absolute atomic E-state index is 0.0432. The molecular formula is C13H19FN2. The molecule has 16 heavy (non-hydrogen) atoms. The van der Waals surface area contributed by atoms with E-state index in [2.05, 4.69) is 4.90 Å². The van der Waals surface area contributed by atoms with E-state index < -0.39 is 0 Å². The molecule has 1 aliphatic carbocycles. The van der Waals surface area contributed by atoms with Gasteiger partial charge in [-0.15, -0.1) is 0 Å². The second kappa shape index (κ2) is 4.42. The maximum atomic E-state index is 13.0. The quantitative estimate of drug-likeness (QED) is 0.848. The van der Waals surface area contributed by atoms with Crippen molar-refractivity contribution in [3.8, 4) is 0 Å². The topological polar surface area (TPSA) is 29.3 Å². The Balaban J connectivity index is 1.90. The minimum Gasteiger partial charge on any atom is -0.374 e. The SMILES string of the molecule is CN(CCC1(N)CCC1)c1cccc(F)c1. The molecule has 88 valence electrons. The molecule has 0 heterocycles. The Hall–Kier alpha value is -1.09. The third-order valence-electron chi connectivity index (χ3n) is 3.54. The van der Waals surface area contributed by atoms with Gasteiger partial charge in [0.2, 0.25) is 0 Å². The van der Waals surface area contributed by atoms with Crippen LogP contribution >= 0.6 is 0 Å². The lowest BCUT2D eigenvalue weighted by molar-refractivity contribution is 0.234. The van der Waals surface area contributed by atoms with E-state index in [-0.39, 0.29) is 11.4 Å². The average Bonchev–Trinajstić information content (AvgIpc) is 2.23. The van der Waals surface area contributed by atoms with Crippen molar-refractivity contribution >= 4 is 5.69 Å². The van der Waals surface area contributed by atoms with Crippen LogP contribution in [0.25, 0.3) is 0 Å². The monoisotopic (exact) mass is 222 g/mol. The van der Waals surface area contributed by atoms with Crippen LogP contribution in [-0.2, 0) is 0 Å². The number of nitrogens with zero attached hydrogens (tertiary/aromatic N) is 1. The lowest BCUT2D eigenvalue weighted by Gasteiger charge is -2.39. The molecule has 0 aromatic heterocycles. The highest BCUT2D eigenvalue weighted by molar-refractivity contribution is 5.45. The first kappa shape index (κ1) is 11.4. The van der Waals surface area contributed by atoms with Gasteiger partial charge in [-0.25, -0.2) is 4.39 Å². The molecule has 1 fully saturated rings. The largest absolute Gasteiger partial charge is 0.374 e. The molecule has 0 bridgehead atoms. The molecule has 1 saturated carbocycles.